The highest BCUT2D eigenvalue weighted by atomic mass is 32.2. The fourth-order valence-corrected chi connectivity index (χ4v) is 5.05. The molecule has 2 aromatic rings. The van der Waals surface area contributed by atoms with Gasteiger partial charge >= 0.3 is 5.97 Å². The molecule has 1 N–H and O–H groups in total. The molecule has 0 unspecified atom stereocenters. The summed E-state index contributed by atoms with van der Waals surface area (Å²) in [7, 11) is 1.38. The van der Waals surface area contributed by atoms with Crippen LogP contribution in [0, 0.1) is 6.92 Å². The van der Waals surface area contributed by atoms with Gasteiger partial charge in [-0.15, -0.1) is 23.1 Å². The third-order valence-corrected chi connectivity index (χ3v) is 6.57. The van der Waals surface area contributed by atoms with E-state index in [1.165, 1.54) is 40.6 Å². The van der Waals surface area contributed by atoms with Crippen molar-refractivity contribution >= 4 is 40.0 Å². The summed E-state index contributed by atoms with van der Waals surface area (Å²) < 4.78 is 4.92. The van der Waals surface area contributed by atoms with E-state index in [0.717, 1.165) is 29.7 Å². The maximum Gasteiger partial charge on any atom is 0.341 e. The van der Waals surface area contributed by atoms with Crippen molar-refractivity contribution in [2.75, 3.05) is 12.4 Å². The van der Waals surface area contributed by atoms with Crippen molar-refractivity contribution in [3.63, 3.8) is 0 Å². The molecule has 0 bridgehead atoms. The van der Waals surface area contributed by atoms with E-state index in [-0.39, 0.29) is 17.1 Å². The average Bonchev–Trinajstić information content (AvgIpc) is 3.16. The van der Waals surface area contributed by atoms with Crippen LogP contribution in [0.4, 0.5) is 5.00 Å². The van der Waals surface area contributed by atoms with Gasteiger partial charge in [0.2, 0.25) is 5.91 Å². The number of thioether (sulfide) groups is 1. The molecule has 1 aromatic heterocycles. The van der Waals surface area contributed by atoms with Gasteiger partial charge in [-0.1, -0.05) is 17.7 Å². The van der Waals surface area contributed by atoms with Crippen LogP contribution in [0.5, 0.6) is 0 Å². The lowest BCUT2D eigenvalue weighted by molar-refractivity contribution is -0.115. The van der Waals surface area contributed by atoms with Crippen LogP contribution in [0.1, 0.15) is 39.7 Å². The number of ether oxygens (including phenoxy) is 1. The Labute approximate surface area is 156 Å². The molecule has 1 aromatic carbocycles. The number of thiophene rings is 1. The molecule has 3 rings (SSSR count). The van der Waals surface area contributed by atoms with Crippen LogP contribution < -0.4 is 5.32 Å². The highest BCUT2D eigenvalue weighted by Gasteiger charge is 2.28. The molecule has 1 amide bonds. The first-order valence-corrected chi connectivity index (χ1v) is 9.96. The standard InChI is InChI=1S/C19H21NO3S2/c1-11-7-9-13(10-8-11)24-12(2)17(21)20-18-16(19(22)23-3)14-5-4-6-15(14)25-18/h7-10,12H,4-6H2,1-3H3,(H,20,21)/t12-/m0/s1. The summed E-state index contributed by atoms with van der Waals surface area (Å²) in [6.45, 7) is 3.91. The fourth-order valence-electron chi connectivity index (χ4n) is 2.90. The van der Waals surface area contributed by atoms with Gasteiger partial charge in [0, 0.05) is 9.77 Å². The number of aryl methyl sites for hydroxylation is 2. The Morgan fingerprint density at radius 3 is 2.64 bits per heavy atom. The van der Waals surface area contributed by atoms with Crippen LogP contribution in [0.25, 0.3) is 0 Å². The number of fused-ring (bicyclic) bond motifs is 1. The van der Waals surface area contributed by atoms with Crippen molar-refractivity contribution in [2.45, 2.75) is 43.3 Å². The van der Waals surface area contributed by atoms with E-state index in [4.69, 9.17) is 4.74 Å². The summed E-state index contributed by atoms with van der Waals surface area (Å²) >= 11 is 3.01. The van der Waals surface area contributed by atoms with E-state index in [1.807, 2.05) is 38.1 Å². The zero-order chi connectivity index (χ0) is 18.0. The summed E-state index contributed by atoms with van der Waals surface area (Å²) in [6.07, 6.45) is 2.90. The van der Waals surface area contributed by atoms with Gasteiger partial charge in [-0.25, -0.2) is 4.79 Å². The first-order valence-electron chi connectivity index (χ1n) is 8.26. The number of carbonyl (C=O) groups is 2. The maximum absolute atomic E-state index is 12.6. The van der Waals surface area contributed by atoms with E-state index in [1.54, 1.807) is 0 Å². The summed E-state index contributed by atoms with van der Waals surface area (Å²) in [5.74, 6) is -0.468. The van der Waals surface area contributed by atoms with Crippen LogP contribution in [0.3, 0.4) is 0 Å². The van der Waals surface area contributed by atoms with Crippen LogP contribution in [-0.2, 0) is 22.4 Å². The molecule has 0 spiro atoms. The smallest absolute Gasteiger partial charge is 0.341 e. The second-order valence-corrected chi connectivity index (χ2v) is 8.63. The summed E-state index contributed by atoms with van der Waals surface area (Å²) in [4.78, 5) is 27.0. The van der Waals surface area contributed by atoms with Crippen LogP contribution in [0.2, 0.25) is 0 Å². The Morgan fingerprint density at radius 2 is 1.96 bits per heavy atom. The molecule has 1 heterocycles. The second-order valence-electron chi connectivity index (χ2n) is 6.12. The van der Waals surface area contributed by atoms with Crippen molar-refractivity contribution < 1.29 is 14.3 Å². The molecular weight excluding hydrogens is 354 g/mol. The maximum atomic E-state index is 12.6. The number of hydrogen-bond donors (Lipinski definition) is 1. The number of benzene rings is 1. The van der Waals surface area contributed by atoms with Gasteiger partial charge in [0.15, 0.2) is 0 Å². The van der Waals surface area contributed by atoms with Crippen molar-refractivity contribution in [2.24, 2.45) is 0 Å². The van der Waals surface area contributed by atoms with Gasteiger partial charge in [0.25, 0.3) is 0 Å². The molecule has 0 saturated heterocycles. The predicted octanol–water partition coefficient (Wildman–Crippen LogP) is 4.45. The van der Waals surface area contributed by atoms with Gasteiger partial charge in [-0.3, -0.25) is 4.79 Å². The van der Waals surface area contributed by atoms with Crippen molar-refractivity contribution in [1.29, 1.82) is 0 Å². The highest BCUT2D eigenvalue weighted by Crippen LogP contribution is 2.39. The molecule has 0 aliphatic heterocycles. The van der Waals surface area contributed by atoms with Crippen molar-refractivity contribution in [3.05, 3.63) is 45.8 Å². The summed E-state index contributed by atoms with van der Waals surface area (Å²) in [5, 5.41) is 3.31. The van der Waals surface area contributed by atoms with E-state index in [9.17, 15) is 9.59 Å². The van der Waals surface area contributed by atoms with Crippen LogP contribution >= 0.6 is 23.1 Å². The predicted molar refractivity (Wildman–Crippen MR) is 103 cm³/mol. The molecule has 132 valence electrons. The monoisotopic (exact) mass is 375 g/mol. The third-order valence-electron chi connectivity index (χ3n) is 4.25. The minimum absolute atomic E-state index is 0.101. The Balaban J connectivity index is 1.74. The Bertz CT molecular complexity index is 796. The average molecular weight is 376 g/mol. The molecule has 1 aliphatic carbocycles. The normalized spacial score (nSPS) is 14.0. The Kier molecular flexibility index (Phi) is 5.49. The van der Waals surface area contributed by atoms with E-state index in [2.05, 4.69) is 5.32 Å². The number of esters is 1. The van der Waals surface area contributed by atoms with Gasteiger partial charge in [0.1, 0.15) is 5.00 Å². The quantitative estimate of drug-likeness (QED) is 0.620. The molecule has 4 nitrogen and oxygen atoms in total. The van der Waals surface area contributed by atoms with Crippen molar-refractivity contribution in [1.82, 2.24) is 0 Å². The highest BCUT2D eigenvalue weighted by molar-refractivity contribution is 8.00. The first kappa shape index (κ1) is 18.0. The molecule has 0 fully saturated rings. The fraction of sp³-hybridized carbons (Fsp3) is 0.368. The number of carbonyl (C=O) groups excluding carboxylic acids is 2. The lowest BCUT2D eigenvalue weighted by Gasteiger charge is -2.12. The van der Waals surface area contributed by atoms with Crippen LogP contribution in [-0.4, -0.2) is 24.2 Å². The van der Waals surface area contributed by atoms with Gasteiger partial charge in [-0.05, 0) is 50.8 Å². The number of anilines is 1. The Morgan fingerprint density at radius 1 is 1.24 bits per heavy atom. The number of rotatable bonds is 5. The molecular formula is C19H21NO3S2. The van der Waals surface area contributed by atoms with Gasteiger partial charge in [0.05, 0.1) is 17.9 Å². The molecule has 0 saturated carbocycles. The molecule has 0 radical (unpaired) electrons. The lowest BCUT2D eigenvalue weighted by Crippen LogP contribution is -2.23. The third kappa shape index (κ3) is 3.90. The minimum atomic E-state index is -0.367. The second kappa shape index (κ2) is 7.62. The van der Waals surface area contributed by atoms with Gasteiger partial charge < -0.3 is 10.1 Å². The number of hydrogen-bond acceptors (Lipinski definition) is 5. The summed E-state index contributed by atoms with van der Waals surface area (Å²) in [5.41, 5.74) is 2.78. The summed E-state index contributed by atoms with van der Waals surface area (Å²) in [6, 6.07) is 8.10. The molecule has 1 atom stereocenters. The topological polar surface area (TPSA) is 55.4 Å². The van der Waals surface area contributed by atoms with E-state index >= 15 is 0 Å². The minimum Gasteiger partial charge on any atom is -0.465 e. The molecule has 1 aliphatic rings. The van der Waals surface area contributed by atoms with E-state index in [0.29, 0.717) is 10.6 Å². The lowest BCUT2D eigenvalue weighted by atomic mass is 10.1. The van der Waals surface area contributed by atoms with E-state index < -0.39 is 0 Å². The number of nitrogens with one attached hydrogen (secondary N) is 1. The largest absolute Gasteiger partial charge is 0.465 e. The number of methoxy groups -OCH3 is 1. The number of amides is 1. The zero-order valence-electron chi connectivity index (χ0n) is 14.5. The Hall–Kier alpha value is -1.79. The van der Waals surface area contributed by atoms with Gasteiger partial charge in [-0.2, -0.15) is 0 Å². The molecule has 6 heteroatoms. The SMILES string of the molecule is COC(=O)c1c(NC(=O)[C@H](C)Sc2ccc(C)cc2)sc2c1CCC2. The zero-order valence-corrected chi connectivity index (χ0v) is 16.2. The first-order chi connectivity index (χ1) is 12.0. The van der Waals surface area contributed by atoms with Crippen molar-refractivity contribution in [3.8, 4) is 0 Å². The van der Waals surface area contributed by atoms with Crippen LogP contribution in [0.15, 0.2) is 29.2 Å². The molecule has 25 heavy (non-hydrogen) atoms.